The van der Waals surface area contributed by atoms with Crippen molar-refractivity contribution in [2.45, 2.75) is 32.9 Å². The number of thiophene rings is 1. The first kappa shape index (κ1) is 15.9. The quantitative estimate of drug-likeness (QED) is 0.773. The first-order valence-electron chi connectivity index (χ1n) is 7.08. The molecule has 112 valence electrons. The van der Waals surface area contributed by atoms with E-state index in [9.17, 15) is 9.18 Å². The molecule has 0 radical (unpaired) electrons. The van der Waals surface area contributed by atoms with Crippen LogP contribution in [0.15, 0.2) is 41.8 Å². The van der Waals surface area contributed by atoms with Crippen molar-refractivity contribution >= 4 is 17.1 Å². The van der Waals surface area contributed by atoms with Crippen LogP contribution in [-0.4, -0.2) is 23.3 Å². The highest BCUT2D eigenvalue weighted by molar-refractivity contribution is 7.09. The van der Waals surface area contributed by atoms with Crippen LogP contribution in [0.4, 0.5) is 4.39 Å². The SMILES string of the molecule is CC(C)N(CC(=O)Cc1ccccc1F)Cc1cccs1. The summed E-state index contributed by atoms with van der Waals surface area (Å²) < 4.78 is 13.6. The molecule has 2 aromatic rings. The molecule has 4 heteroatoms. The summed E-state index contributed by atoms with van der Waals surface area (Å²) >= 11 is 1.69. The fourth-order valence-electron chi connectivity index (χ4n) is 2.16. The average Bonchev–Trinajstić information content (AvgIpc) is 2.93. The van der Waals surface area contributed by atoms with Gasteiger partial charge in [0.05, 0.1) is 6.54 Å². The molecular formula is C17H20FNOS. The molecule has 0 N–H and O–H groups in total. The summed E-state index contributed by atoms with van der Waals surface area (Å²) in [5.41, 5.74) is 0.474. The minimum absolute atomic E-state index is 0.0466. The number of hydrogen-bond acceptors (Lipinski definition) is 3. The number of hydrogen-bond donors (Lipinski definition) is 0. The molecule has 0 bridgehead atoms. The Balaban J connectivity index is 1.97. The number of ketones is 1. The molecular weight excluding hydrogens is 285 g/mol. The van der Waals surface area contributed by atoms with Crippen LogP contribution >= 0.6 is 11.3 Å². The molecule has 0 aliphatic carbocycles. The van der Waals surface area contributed by atoms with Gasteiger partial charge in [-0.1, -0.05) is 24.3 Å². The molecule has 0 aliphatic heterocycles. The molecule has 0 amide bonds. The average molecular weight is 305 g/mol. The zero-order chi connectivity index (χ0) is 15.2. The van der Waals surface area contributed by atoms with Gasteiger partial charge in [-0.25, -0.2) is 4.39 Å². The van der Waals surface area contributed by atoms with Gasteiger partial charge in [-0.05, 0) is 36.9 Å². The monoisotopic (exact) mass is 305 g/mol. The summed E-state index contributed by atoms with van der Waals surface area (Å²) in [5, 5.41) is 2.04. The highest BCUT2D eigenvalue weighted by atomic mass is 32.1. The number of Topliss-reactive ketones (excluding diaryl/α,β-unsaturated/α-hetero) is 1. The van der Waals surface area contributed by atoms with Crippen molar-refractivity contribution < 1.29 is 9.18 Å². The minimum Gasteiger partial charge on any atom is -0.298 e. The standard InChI is InChI=1S/C17H20FNOS/c1-13(2)19(12-16-7-5-9-21-16)11-15(20)10-14-6-3-4-8-17(14)18/h3-9,13H,10-12H2,1-2H3. The summed E-state index contributed by atoms with van der Waals surface area (Å²) in [6.45, 7) is 5.26. The van der Waals surface area contributed by atoms with Gasteiger partial charge in [0.1, 0.15) is 5.82 Å². The van der Waals surface area contributed by atoms with Crippen molar-refractivity contribution in [3.8, 4) is 0 Å². The van der Waals surface area contributed by atoms with Gasteiger partial charge >= 0.3 is 0 Å². The lowest BCUT2D eigenvalue weighted by Crippen LogP contribution is -2.35. The number of rotatable bonds is 7. The van der Waals surface area contributed by atoms with Crippen molar-refractivity contribution in [3.05, 3.63) is 58.0 Å². The van der Waals surface area contributed by atoms with E-state index in [1.54, 1.807) is 29.5 Å². The van der Waals surface area contributed by atoms with Crippen molar-refractivity contribution in [2.75, 3.05) is 6.54 Å². The third-order valence-electron chi connectivity index (χ3n) is 3.39. The molecule has 0 atom stereocenters. The number of carbonyl (C=O) groups excluding carboxylic acids is 1. The maximum Gasteiger partial charge on any atom is 0.151 e. The van der Waals surface area contributed by atoms with Crippen LogP contribution in [0.25, 0.3) is 0 Å². The highest BCUT2D eigenvalue weighted by Gasteiger charge is 2.16. The van der Waals surface area contributed by atoms with E-state index in [1.807, 2.05) is 11.4 Å². The largest absolute Gasteiger partial charge is 0.298 e. The number of carbonyl (C=O) groups is 1. The fraction of sp³-hybridized carbons (Fsp3) is 0.353. The van der Waals surface area contributed by atoms with Crippen molar-refractivity contribution in [2.24, 2.45) is 0 Å². The maximum atomic E-state index is 13.6. The Morgan fingerprint density at radius 1 is 1.24 bits per heavy atom. The molecule has 1 heterocycles. The Hall–Kier alpha value is -1.52. The molecule has 0 aliphatic rings. The Morgan fingerprint density at radius 2 is 2.00 bits per heavy atom. The summed E-state index contributed by atoms with van der Waals surface area (Å²) in [5.74, 6) is -0.259. The number of benzene rings is 1. The van der Waals surface area contributed by atoms with Gasteiger partial charge in [0.15, 0.2) is 5.78 Å². The van der Waals surface area contributed by atoms with Crippen molar-refractivity contribution in [3.63, 3.8) is 0 Å². The molecule has 1 aromatic carbocycles. The number of halogens is 1. The van der Waals surface area contributed by atoms with E-state index in [0.29, 0.717) is 12.1 Å². The lowest BCUT2D eigenvalue weighted by Gasteiger charge is -2.25. The van der Waals surface area contributed by atoms with Gasteiger partial charge in [0, 0.05) is 23.9 Å². The molecule has 1 aromatic heterocycles. The summed E-state index contributed by atoms with van der Waals surface area (Å²) in [4.78, 5) is 15.6. The van der Waals surface area contributed by atoms with Crippen LogP contribution in [0, 0.1) is 5.82 Å². The van der Waals surface area contributed by atoms with E-state index >= 15 is 0 Å². The second kappa shape index (κ2) is 7.48. The first-order valence-corrected chi connectivity index (χ1v) is 7.95. The Kier molecular flexibility index (Phi) is 5.65. The maximum absolute atomic E-state index is 13.6. The lowest BCUT2D eigenvalue weighted by atomic mass is 10.1. The van der Waals surface area contributed by atoms with Crippen LogP contribution in [0.1, 0.15) is 24.3 Å². The highest BCUT2D eigenvalue weighted by Crippen LogP contribution is 2.14. The summed E-state index contributed by atoms with van der Waals surface area (Å²) in [6, 6.07) is 10.8. The molecule has 0 saturated heterocycles. The van der Waals surface area contributed by atoms with Crippen LogP contribution in [0.5, 0.6) is 0 Å². The van der Waals surface area contributed by atoms with Gasteiger partial charge in [-0.15, -0.1) is 11.3 Å². The van der Waals surface area contributed by atoms with Gasteiger partial charge in [0.2, 0.25) is 0 Å². The van der Waals surface area contributed by atoms with Gasteiger partial charge in [0.25, 0.3) is 0 Å². The Morgan fingerprint density at radius 3 is 2.62 bits per heavy atom. The Bertz CT molecular complexity index is 580. The first-order chi connectivity index (χ1) is 10.1. The summed E-state index contributed by atoms with van der Waals surface area (Å²) in [6.07, 6.45) is 0.153. The van der Waals surface area contributed by atoms with E-state index in [1.165, 1.54) is 10.9 Å². The second-order valence-corrected chi connectivity index (χ2v) is 6.42. The second-order valence-electron chi connectivity index (χ2n) is 5.38. The predicted molar refractivity (Wildman–Crippen MR) is 85.0 cm³/mol. The van der Waals surface area contributed by atoms with Crippen LogP contribution in [-0.2, 0) is 17.8 Å². The third kappa shape index (κ3) is 4.76. The molecule has 21 heavy (non-hydrogen) atoms. The number of nitrogens with zero attached hydrogens (tertiary/aromatic N) is 1. The van der Waals surface area contributed by atoms with Gasteiger partial charge < -0.3 is 0 Å². The van der Waals surface area contributed by atoms with E-state index < -0.39 is 0 Å². The zero-order valence-corrected chi connectivity index (χ0v) is 13.2. The van der Waals surface area contributed by atoms with E-state index in [4.69, 9.17) is 0 Å². The van der Waals surface area contributed by atoms with Gasteiger partial charge in [-0.3, -0.25) is 9.69 Å². The summed E-state index contributed by atoms with van der Waals surface area (Å²) in [7, 11) is 0. The van der Waals surface area contributed by atoms with E-state index in [-0.39, 0.29) is 24.1 Å². The molecule has 0 saturated carbocycles. The molecule has 2 rings (SSSR count). The molecule has 0 fully saturated rings. The molecule has 0 spiro atoms. The molecule has 2 nitrogen and oxygen atoms in total. The fourth-order valence-corrected chi connectivity index (χ4v) is 2.89. The third-order valence-corrected chi connectivity index (χ3v) is 4.26. The smallest absolute Gasteiger partial charge is 0.151 e. The lowest BCUT2D eigenvalue weighted by molar-refractivity contribution is -0.120. The van der Waals surface area contributed by atoms with Crippen molar-refractivity contribution in [1.29, 1.82) is 0 Å². The van der Waals surface area contributed by atoms with E-state index in [0.717, 1.165) is 6.54 Å². The van der Waals surface area contributed by atoms with E-state index in [2.05, 4.69) is 24.8 Å². The zero-order valence-electron chi connectivity index (χ0n) is 12.4. The molecule has 0 unspecified atom stereocenters. The normalized spacial score (nSPS) is 11.3. The predicted octanol–water partition coefficient (Wildman–Crippen LogP) is 3.91. The van der Waals surface area contributed by atoms with Gasteiger partial charge in [-0.2, -0.15) is 0 Å². The van der Waals surface area contributed by atoms with Crippen LogP contribution in [0.3, 0.4) is 0 Å². The Labute approximate surface area is 129 Å². The topological polar surface area (TPSA) is 20.3 Å². The minimum atomic E-state index is -0.305. The van der Waals surface area contributed by atoms with Crippen LogP contribution in [0.2, 0.25) is 0 Å². The van der Waals surface area contributed by atoms with Crippen molar-refractivity contribution in [1.82, 2.24) is 4.90 Å². The van der Waals surface area contributed by atoms with Crippen LogP contribution < -0.4 is 0 Å².